The summed E-state index contributed by atoms with van der Waals surface area (Å²) < 4.78 is 6.14. The molecule has 19 heavy (non-hydrogen) atoms. The van der Waals surface area contributed by atoms with Crippen LogP contribution in [0.2, 0.25) is 0 Å². The van der Waals surface area contributed by atoms with E-state index in [1.807, 2.05) is 19.9 Å². The van der Waals surface area contributed by atoms with Gasteiger partial charge >= 0.3 is 0 Å². The number of hydrogen-bond acceptors (Lipinski definition) is 2. The first-order valence-corrected chi connectivity index (χ1v) is 7.47. The third kappa shape index (κ3) is 1.89. The molecule has 0 fully saturated rings. The van der Waals surface area contributed by atoms with Crippen molar-refractivity contribution in [1.29, 1.82) is 0 Å². The number of H-pyrrole nitrogens is 1. The number of pyridine rings is 1. The molecular weight excluding hydrogens is 306 g/mol. The molecule has 1 aliphatic heterocycles. The monoisotopic (exact) mass is 321 g/mol. The summed E-state index contributed by atoms with van der Waals surface area (Å²) in [6, 6.07) is 4.05. The summed E-state index contributed by atoms with van der Waals surface area (Å²) in [6.07, 6.45) is 0.891. The Morgan fingerprint density at radius 1 is 1.37 bits per heavy atom. The zero-order valence-electron chi connectivity index (χ0n) is 11.3. The number of aromatic nitrogens is 1. The Morgan fingerprint density at radius 2 is 2.11 bits per heavy atom. The number of hydrogen-bond donors (Lipinski definition) is 1. The third-order valence-corrected chi connectivity index (χ3v) is 4.93. The molecule has 2 aromatic rings. The number of fused-ring (bicyclic) bond motifs is 3. The van der Waals surface area contributed by atoms with E-state index in [1.165, 1.54) is 5.56 Å². The van der Waals surface area contributed by atoms with Crippen molar-refractivity contribution in [2.75, 3.05) is 5.33 Å². The predicted octanol–water partition coefficient (Wildman–Crippen LogP) is 3.23. The predicted molar refractivity (Wildman–Crippen MR) is 80.6 cm³/mol. The van der Waals surface area contributed by atoms with E-state index < -0.39 is 0 Å². The van der Waals surface area contributed by atoms with Crippen molar-refractivity contribution in [1.82, 2.24) is 4.98 Å². The second-order valence-electron chi connectivity index (χ2n) is 5.61. The first kappa shape index (κ1) is 12.7. The van der Waals surface area contributed by atoms with Gasteiger partial charge in [-0.15, -0.1) is 0 Å². The molecule has 0 saturated heterocycles. The third-order valence-electron chi connectivity index (χ3n) is 3.74. The highest BCUT2D eigenvalue weighted by Crippen LogP contribution is 2.41. The van der Waals surface area contributed by atoms with Crippen LogP contribution in [0.1, 0.15) is 23.6 Å². The average molecular weight is 322 g/mol. The fraction of sp³-hybridized carbons (Fsp3) is 0.400. The molecule has 0 amide bonds. The summed E-state index contributed by atoms with van der Waals surface area (Å²) in [5, 5.41) is 1.80. The van der Waals surface area contributed by atoms with Gasteiger partial charge in [0.05, 0.1) is 5.52 Å². The standard InChI is InChI=1S/C15H16BrNO2/c1-8-4-10-6-15(3,7-16)19-13(10)11-5-9(2)14(18)17-12(8)11/h4-5H,6-7H2,1-3H3,(H,17,18). The quantitative estimate of drug-likeness (QED) is 0.819. The number of nitrogens with one attached hydrogen (secondary N) is 1. The van der Waals surface area contributed by atoms with E-state index in [0.29, 0.717) is 0 Å². The van der Waals surface area contributed by atoms with E-state index in [9.17, 15) is 4.79 Å². The lowest BCUT2D eigenvalue weighted by atomic mass is 9.98. The lowest BCUT2D eigenvalue weighted by Gasteiger charge is -2.20. The van der Waals surface area contributed by atoms with Crippen LogP contribution in [-0.2, 0) is 6.42 Å². The van der Waals surface area contributed by atoms with Crippen molar-refractivity contribution in [2.24, 2.45) is 0 Å². The minimum Gasteiger partial charge on any atom is -0.485 e. The number of alkyl halides is 1. The summed E-state index contributed by atoms with van der Waals surface area (Å²) in [7, 11) is 0. The lowest BCUT2D eigenvalue weighted by Crippen LogP contribution is -2.31. The van der Waals surface area contributed by atoms with Gasteiger partial charge in [-0.3, -0.25) is 4.79 Å². The van der Waals surface area contributed by atoms with Gasteiger partial charge in [-0.25, -0.2) is 0 Å². The van der Waals surface area contributed by atoms with Gasteiger partial charge < -0.3 is 9.72 Å². The molecule has 3 nitrogen and oxygen atoms in total. The fourth-order valence-corrected chi connectivity index (χ4v) is 3.02. The number of aryl methyl sites for hydroxylation is 2. The van der Waals surface area contributed by atoms with Gasteiger partial charge in [-0.2, -0.15) is 0 Å². The van der Waals surface area contributed by atoms with Gasteiger partial charge in [0, 0.05) is 22.7 Å². The van der Waals surface area contributed by atoms with Crippen molar-refractivity contribution < 1.29 is 4.74 Å². The first-order valence-electron chi connectivity index (χ1n) is 6.34. The Balaban J connectivity index is 2.33. The molecule has 4 heteroatoms. The Labute approximate surface area is 120 Å². The van der Waals surface area contributed by atoms with Crippen molar-refractivity contribution in [2.45, 2.75) is 32.8 Å². The number of rotatable bonds is 1. The summed E-state index contributed by atoms with van der Waals surface area (Å²) in [6.45, 7) is 5.95. The van der Waals surface area contributed by atoms with Crippen LogP contribution in [0.5, 0.6) is 5.75 Å². The van der Waals surface area contributed by atoms with Crippen LogP contribution < -0.4 is 10.3 Å². The topological polar surface area (TPSA) is 42.1 Å². The van der Waals surface area contributed by atoms with Crippen LogP contribution in [0.4, 0.5) is 0 Å². The first-order chi connectivity index (χ1) is 8.93. The van der Waals surface area contributed by atoms with E-state index in [1.54, 1.807) is 0 Å². The Kier molecular flexibility index (Phi) is 2.75. The van der Waals surface area contributed by atoms with Crippen LogP contribution in [0.3, 0.4) is 0 Å². The van der Waals surface area contributed by atoms with E-state index in [-0.39, 0.29) is 11.2 Å². The molecule has 1 N–H and O–H groups in total. The summed E-state index contributed by atoms with van der Waals surface area (Å²) >= 11 is 3.52. The van der Waals surface area contributed by atoms with Gasteiger partial charge in [-0.1, -0.05) is 22.0 Å². The molecular formula is C15H16BrNO2. The van der Waals surface area contributed by atoms with Crippen LogP contribution in [-0.4, -0.2) is 15.9 Å². The molecule has 1 unspecified atom stereocenters. The Bertz CT molecular complexity index is 735. The maximum absolute atomic E-state index is 11.8. The van der Waals surface area contributed by atoms with E-state index in [4.69, 9.17) is 4.74 Å². The highest BCUT2D eigenvalue weighted by Gasteiger charge is 2.35. The molecule has 0 bridgehead atoms. The van der Waals surface area contributed by atoms with Crippen molar-refractivity contribution in [3.8, 4) is 5.75 Å². The number of benzene rings is 1. The normalized spacial score (nSPS) is 21.5. The SMILES string of the molecule is Cc1cc2c3c(cc(C)c2[nH]c1=O)CC(C)(CBr)O3. The summed E-state index contributed by atoms with van der Waals surface area (Å²) in [5.41, 5.74) is 3.68. The molecule has 1 aromatic heterocycles. The summed E-state index contributed by atoms with van der Waals surface area (Å²) in [4.78, 5) is 14.7. The van der Waals surface area contributed by atoms with Crippen molar-refractivity contribution >= 4 is 26.8 Å². The maximum Gasteiger partial charge on any atom is 0.251 e. The molecule has 1 atom stereocenters. The second kappa shape index (κ2) is 4.10. The zero-order chi connectivity index (χ0) is 13.8. The molecule has 0 saturated carbocycles. The molecule has 1 aliphatic rings. The highest BCUT2D eigenvalue weighted by molar-refractivity contribution is 9.09. The minimum absolute atomic E-state index is 0.0307. The molecule has 0 spiro atoms. The number of halogens is 1. The van der Waals surface area contributed by atoms with Crippen LogP contribution in [0, 0.1) is 13.8 Å². The van der Waals surface area contributed by atoms with Gasteiger partial charge in [-0.05, 0) is 38.0 Å². The number of aromatic amines is 1. The van der Waals surface area contributed by atoms with E-state index in [2.05, 4.69) is 33.9 Å². The van der Waals surface area contributed by atoms with Crippen LogP contribution in [0.15, 0.2) is 16.9 Å². The van der Waals surface area contributed by atoms with Gasteiger partial charge in [0.15, 0.2) is 0 Å². The van der Waals surface area contributed by atoms with Gasteiger partial charge in [0.25, 0.3) is 5.56 Å². The van der Waals surface area contributed by atoms with Crippen LogP contribution >= 0.6 is 15.9 Å². The second-order valence-corrected chi connectivity index (χ2v) is 6.17. The highest BCUT2D eigenvalue weighted by atomic mass is 79.9. The largest absolute Gasteiger partial charge is 0.485 e. The molecule has 1 aromatic carbocycles. The lowest BCUT2D eigenvalue weighted by molar-refractivity contribution is 0.147. The van der Waals surface area contributed by atoms with E-state index in [0.717, 1.165) is 39.5 Å². The molecule has 2 heterocycles. The maximum atomic E-state index is 11.8. The Hall–Kier alpha value is -1.29. The summed E-state index contributed by atoms with van der Waals surface area (Å²) in [5.74, 6) is 0.918. The van der Waals surface area contributed by atoms with Crippen LogP contribution in [0.25, 0.3) is 10.9 Å². The van der Waals surface area contributed by atoms with Gasteiger partial charge in [0.2, 0.25) is 0 Å². The molecule has 0 aliphatic carbocycles. The fourth-order valence-electron chi connectivity index (χ4n) is 2.71. The zero-order valence-corrected chi connectivity index (χ0v) is 12.8. The Morgan fingerprint density at radius 3 is 2.79 bits per heavy atom. The molecule has 100 valence electrons. The average Bonchev–Trinajstić information content (AvgIpc) is 2.70. The molecule has 3 rings (SSSR count). The van der Waals surface area contributed by atoms with Crippen molar-refractivity contribution in [3.05, 3.63) is 39.2 Å². The minimum atomic E-state index is -0.201. The number of ether oxygens (including phenoxy) is 1. The van der Waals surface area contributed by atoms with E-state index >= 15 is 0 Å². The molecule has 0 radical (unpaired) electrons. The van der Waals surface area contributed by atoms with Gasteiger partial charge in [0.1, 0.15) is 11.4 Å². The smallest absolute Gasteiger partial charge is 0.251 e. The van der Waals surface area contributed by atoms with Crippen molar-refractivity contribution in [3.63, 3.8) is 0 Å².